The van der Waals surface area contributed by atoms with Gasteiger partial charge in [0.2, 0.25) is 5.75 Å². The number of rotatable bonds is 6. The molecule has 35 heavy (non-hydrogen) atoms. The van der Waals surface area contributed by atoms with Crippen molar-refractivity contribution in [2.24, 2.45) is 0 Å². The monoisotopic (exact) mass is 534 g/mol. The molecule has 2 aromatic heterocycles. The van der Waals surface area contributed by atoms with Gasteiger partial charge in [-0.3, -0.25) is 0 Å². The summed E-state index contributed by atoms with van der Waals surface area (Å²) in [6.45, 7) is 0.373. The van der Waals surface area contributed by atoms with Gasteiger partial charge < -0.3 is 23.0 Å². The highest BCUT2D eigenvalue weighted by Gasteiger charge is 2.19. The maximum absolute atomic E-state index is 13.0. The fourth-order valence-electron chi connectivity index (χ4n) is 3.88. The zero-order valence-electron chi connectivity index (χ0n) is 18.8. The summed E-state index contributed by atoms with van der Waals surface area (Å²) in [7, 11) is 2.94. The second kappa shape index (κ2) is 9.31. The van der Waals surface area contributed by atoms with Crippen molar-refractivity contribution in [1.29, 1.82) is 0 Å². The molecule has 0 aliphatic rings. The summed E-state index contributed by atoms with van der Waals surface area (Å²) in [6, 6.07) is 19.4. The Morgan fingerprint density at radius 1 is 0.829 bits per heavy atom. The fraction of sp³-hybridized carbons (Fsp3) is 0.111. The zero-order valence-corrected chi connectivity index (χ0v) is 20.4. The van der Waals surface area contributed by atoms with Crippen molar-refractivity contribution in [3.8, 4) is 28.4 Å². The molecule has 0 spiro atoms. The van der Waals surface area contributed by atoms with E-state index in [0.717, 1.165) is 10.0 Å². The van der Waals surface area contributed by atoms with Crippen LogP contribution >= 0.6 is 15.9 Å². The smallest absolute Gasteiger partial charge is 0.344 e. The Balaban J connectivity index is 1.56. The van der Waals surface area contributed by atoms with Crippen molar-refractivity contribution >= 4 is 37.9 Å². The molecule has 8 heteroatoms. The standard InChI is InChI=1S/C27H19BrO7/c1-31-22-10-9-19-20(13-24(29)35-25(19)26(22)32-2)21-11-16-5-8-18(12-23(16)34-27(21)30)33-14-15-3-6-17(28)7-4-15/h3-13H,14H2,1-2H3. The molecule has 0 saturated carbocycles. The Morgan fingerprint density at radius 3 is 2.37 bits per heavy atom. The van der Waals surface area contributed by atoms with E-state index in [1.807, 2.05) is 24.3 Å². The Bertz CT molecular complexity index is 1670. The summed E-state index contributed by atoms with van der Waals surface area (Å²) in [6.07, 6.45) is 0. The molecule has 176 valence electrons. The van der Waals surface area contributed by atoms with Gasteiger partial charge in [0.1, 0.15) is 17.9 Å². The predicted octanol–water partition coefficient (Wildman–Crippen LogP) is 5.93. The fourth-order valence-corrected chi connectivity index (χ4v) is 4.14. The highest BCUT2D eigenvalue weighted by molar-refractivity contribution is 9.10. The van der Waals surface area contributed by atoms with Crippen LogP contribution in [-0.2, 0) is 6.61 Å². The summed E-state index contributed by atoms with van der Waals surface area (Å²) >= 11 is 3.41. The third kappa shape index (κ3) is 4.40. The van der Waals surface area contributed by atoms with Crippen molar-refractivity contribution in [2.75, 3.05) is 14.2 Å². The van der Waals surface area contributed by atoms with E-state index in [1.54, 1.807) is 36.4 Å². The van der Waals surface area contributed by atoms with Crippen LogP contribution in [-0.4, -0.2) is 14.2 Å². The second-order valence-corrected chi connectivity index (χ2v) is 8.63. The van der Waals surface area contributed by atoms with Crippen LogP contribution in [0.1, 0.15) is 5.56 Å². The van der Waals surface area contributed by atoms with Crippen LogP contribution in [0.3, 0.4) is 0 Å². The van der Waals surface area contributed by atoms with Gasteiger partial charge in [-0.05, 0) is 48.0 Å². The van der Waals surface area contributed by atoms with Gasteiger partial charge in [-0.2, -0.15) is 0 Å². The first-order valence-corrected chi connectivity index (χ1v) is 11.4. The first-order valence-electron chi connectivity index (χ1n) is 10.6. The van der Waals surface area contributed by atoms with Crippen molar-refractivity contribution < 1.29 is 23.0 Å². The van der Waals surface area contributed by atoms with Gasteiger partial charge >= 0.3 is 11.3 Å². The summed E-state index contributed by atoms with van der Waals surface area (Å²) in [5.41, 5.74) is 0.949. The molecule has 5 rings (SSSR count). The molecule has 0 amide bonds. The molecule has 2 heterocycles. The first kappa shape index (κ1) is 22.7. The average molecular weight is 535 g/mol. The minimum Gasteiger partial charge on any atom is -0.493 e. The van der Waals surface area contributed by atoms with Gasteiger partial charge in [0.15, 0.2) is 11.3 Å². The van der Waals surface area contributed by atoms with Crippen LogP contribution in [0.4, 0.5) is 0 Å². The zero-order chi connectivity index (χ0) is 24.5. The Hall–Kier alpha value is -4.04. The molecule has 0 unspecified atom stereocenters. The molecule has 5 aromatic rings. The van der Waals surface area contributed by atoms with Gasteiger partial charge in [0, 0.05) is 32.9 Å². The Kier molecular flexibility index (Phi) is 6.05. The van der Waals surface area contributed by atoms with Crippen molar-refractivity contribution in [3.05, 3.63) is 97.6 Å². The molecular weight excluding hydrogens is 516 g/mol. The maximum Gasteiger partial charge on any atom is 0.344 e. The lowest BCUT2D eigenvalue weighted by Crippen LogP contribution is -2.07. The summed E-state index contributed by atoms with van der Waals surface area (Å²) in [4.78, 5) is 25.3. The van der Waals surface area contributed by atoms with E-state index in [9.17, 15) is 9.59 Å². The van der Waals surface area contributed by atoms with E-state index in [2.05, 4.69) is 15.9 Å². The van der Waals surface area contributed by atoms with E-state index in [1.165, 1.54) is 20.3 Å². The Labute approximate surface area is 207 Å². The highest BCUT2D eigenvalue weighted by Crippen LogP contribution is 2.38. The molecular formula is C27H19BrO7. The summed E-state index contributed by atoms with van der Waals surface area (Å²) < 4.78 is 28.5. The molecule has 0 saturated heterocycles. The van der Waals surface area contributed by atoms with Crippen LogP contribution in [0.2, 0.25) is 0 Å². The van der Waals surface area contributed by atoms with Crippen LogP contribution in [0.25, 0.3) is 33.1 Å². The van der Waals surface area contributed by atoms with E-state index in [0.29, 0.717) is 40.0 Å². The molecule has 0 radical (unpaired) electrons. The van der Waals surface area contributed by atoms with Crippen molar-refractivity contribution in [1.82, 2.24) is 0 Å². The molecule has 0 aliphatic heterocycles. The van der Waals surface area contributed by atoms with E-state index in [-0.39, 0.29) is 16.9 Å². The van der Waals surface area contributed by atoms with Gasteiger partial charge in [0.05, 0.1) is 19.8 Å². The average Bonchev–Trinajstić information content (AvgIpc) is 2.86. The topological polar surface area (TPSA) is 88.1 Å². The third-order valence-electron chi connectivity index (χ3n) is 5.57. The highest BCUT2D eigenvalue weighted by atomic mass is 79.9. The number of hydrogen-bond acceptors (Lipinski definition) is 7. The quantitative estimate of drug-likeness (QED) is 0.249. The van der Waals surface area contributed by atoms with Crippen LogP contribution in [0, 0.1) is 0 Å². The van der Waals surface area contributed by atoms with Crippen molar-refractivity contribution in [3.63, 3.8) is 0 Å². The molecule has 0 N–H and O–H groups in total. The summed E-state index contributed by atoms with van der Waals surface area (Å²) in [5, 5.41) is 1.20. The minimum atomic E-state index is -0.629. The molecule has 0 aliphatic carbocycles. The van der Waals surface area contributed by atoms with Crippen molar-refractivity contribution in [2.45, 2.75) is 6.61 Å². The van der Waals surface area contributed by atoms with E-state index >= 15 is 0 Å². The lowest BCUT2D eigenvalue weighted by Gasteiger charge is -2.12. The van der Waals surface area contributed by atoms with Gasteiger partial charge in [-0.1, -0.05) is 28.1 Å². The maximum atomic E-state index is 13.0. The lowest BCUT2D eigenvalue weighted by molar-refractivity contribution is 0.306. The third-order valence-corrected chi connectivity index (χ3v) is 6.10. The second-order valence-electron chi connectivity index (χ2n) is 7.72. The first-order chi connectivity index (χ1) is 17.0. The molecule has 3 aromatic carbocycles. The number of hydrogen-bond donors (Lipinski definition) is 0. The number of benzene rings is 3. The number of ether oxygens (including phenoxy) is 3. The number of methoxy groups -OCH3 is 2. The van der Waals surface area contributed by atoms with E-state index < -0.39 is 11.3 Å². The van der Waals surface area contributed by atoms with Crippen LogP contribution in [0.15, 0.2) is 89.6 Å². The van der Waals surface area contributed by atoms with E-state index in [4.69, 9.17) is 23.0 Å². The van der Waals surface area contributed by atoms with Gasteiger partial charge in [-0.25, -0.2) is 9.59 Å². The SMILES string of the molecule is COc1ccc2c(-c3cc4ccc(OCc5ccc(Br)cc5)cc4oc3=O)cc(=O)oc2c1OC. The van der Waals surface area contributed by atoms with Gasteiger partial charge in [0.25, 0.3) is 0 Å². The molecule has 0 fully saturated rings. The molecule has 0 atom stereocenters. The predicted molar refractivity (Wildman–Crippen MR) is 136 cm³/mol. The normalized spacial score (nSPS) is 11.1. The number of fused-ring (bicyclic) bond motifs is 2. The van der Waals surface area contributed by atoms with Crippen LogP contribution < -0.4 is 25.5 Å². The Morgan fingerprint density at radius 2 is 1.63 bits per heavy atom. The largest absolute Gasteiger partial charge is 0.493 e. The summed E-state index contributed by atoms with van der Waals surface area (Å²) in [5.74, 6) is 1.24. The lowest BCUT2D eigenvalue weighted by atomic mass is 10.0. The molecule has 7 nitrogen and oxygen atoms in total. The molecule has 0 bridgehead atoms. The number of halogens is 1. The van der Waals surface area contributed by atoms with Gasteiger partial charge in [-0.15, -0.1) is 0 Å². The minimum absolute atomic E-state index is 0.186. The van der Waals surface area contributed by atoms with Crippen LogP contribution in [0.5, 0.6) is 17.2 Å².